The highest BCUT2D eigenvalue weighted by molar-refractivity contribution is 5.94. The highest BCUT2D eigenvalue weighted by Crippen LogP contribution is 2.70. The number of para-hydroxylation sites is 1. The lowest BCUT2D eigenvalue weighted by Gasteiger charge is -2.41. The second-order valence-electron chi connectivity index (χ2n) is 12.7. The topological polar surface area (TPSA) is 132 Å². The van der Waals surface area contributed by atoms with Gasteiger partial charge in [-0.2, -0.15) is 10.5 Å². The van der Waals surface area contributed by atoms with Crippen LogP contribution in [0.3, 0.4) is 0 Å². The lowest BCUT2D eigenvalue weighted by Crippen LogP contribution is -2.52. The molecule has 2 aromatic heterocycles. The standard InChI is InChI=1S/C40H28F2N4O4/c1-49-38-35-33(19-28(21-44)45-38)50-40(27-13-11-22(20-43)12-14-27)34(23-7-3-2-4-8-23)30(36(47)39(35,40)48)17-25-15-26(37(41)42)18-32-29(25)16-24-9-5-6-10-31(24)46-32/h2-16,18-19,30,34,36-37,47-48H,17H2,1H3. The van der Waals surface area contributed by atoms with Gasteiger partial charge in [0.1, 0.15) is 17.5 Å². The van der Waals surface area contributed by atoms with Crippen molar-refractivity contribution in [2.75, 3.05) is 7.11 Å². The zero-order valence-electron chi connectivity index (χ0n) is 26.6. The number of alkyl halides is 2. The highest BCUT2D eigenvalue weighted by atomic mass is 19.3. The molecule has 5 unspecified atom stereocenters. The number of nitrogens with zero attached hydrogens (tertiary/aromatic N) is 4. The van der Waals surface area contributed by atoms with E-state index in [1.807, 2.05) is 66.7 Å². The van der Waals surface area contributed by atoms with Gasteiger partial charge in [-0.25, -0.2) is 18.7 Å². The van der Waals surface area contributed by atoms with Crippen LogP contribution in [0.1, 0.15) is 51.4 Å². The Morgan fingerprint density at radius 3 is 2.34 bits per heavy atom. The van der Waals surface area contributed by atoms with Crippen molar-refractivity contribution in [1.29, 1.82) is 10.5 Å². The van der Waals surface area contributed by atoms with E-state index in [4.69, 9.17) is 14.5 Å². The molecule has 0 radical (unpaired) electrons. The molecule has 2 N–H and O–H groups in total. The number of nitriles is 2. The van der Waals surface area contributed by atoms with Crippen LogP contribution in [-0.4, -0.2) is 33.4 Å². The summed E-state index contributed by atoms with van der Waals surface area (Å²) in [4.78, 5) is 9.03. The van der Waals surface area contributed by atoms with Crippen LogP contribution in [0.25, 0.3) is 21.8 Å². The van der Waals surface area contributed by atoms with Crippen molar-refractivity contribution in [2.24, 2.45) is 5.92 Å². The first-order chi connectivity index (χ1) is 24.2. The van der Waals surface area contributed by atoms with Crippen LogP contribution >= 0.6 is 0 Å². The van der Waals surface area contributed by atoms with Crippen LogP contribution < -0.4 is 9.47 Å². The molecule has 50 heavy (non-hydrogen) atoms. The molecule has 0 amide bonds. The maximum atomic E-state index is 14.4. The number of aliphatic hydroxyl groups excluding tert-OH is 1. The molecule has 246 valence electrons. The number of fused-ring (bicyclic) bond motifs is 5. The normalized spacial score (nSPS) is 23.6. The number of aliphatic hydroxyl groups is 2. The van der Waals surface area contributed by atoms with E-state index in [1.165, 1.54) is 25.3 Å². The SMILES string of the molecule is COc1nc(C#N)cc2c1C1(O)C(O)C(Cc3cc(C(F)F)cc4nc5ccccc5cc34)C(c3ccccc3)C1(c1ccc(C#N)cc1)O2. The van der Waals surface area contributed by atoms with Gasteiger partial charge in [0, 0.05) is 34.2 Å². The maximum Gasteiger partial charge on any atom is 0.263 e. The van der Waals surface area contributed by atoms with Gasteiger partial charge in [0.05, 0.1) is 41.4 Å². The van der Waals surface area contributed by atoms with Crippen molar-refractivity contribution in [3.8, 4) is 23.8 Å². The van der Waals surface area contributed by atoms with Crippen molar-refractivity contribution in [3.05, 3.63) is 142 Å². The molecular weight excluding hydrogens is 638 g/mol. The molecule has 10 heteroatoms. The van der Waals surface area contributed by atoms with E-state index in [9.17, 15) is 29.5 Å². The summed E-state index contributed by atoms with van der Waals surface area (Å²) in [6, 6.07) is 33.5. The van der Waals surface area contributed by atoms with E-state index in [2.05, 4.69) is 11.1 Å². The summed E-state index contributed by atoms with van der Waals surface area (Å²) in [6.07, 6.45) is -4.31. The Labute approximate surface area is 285 Å². The Hall–Kier alpha value is -5.94. The van der Waals surface area contributed by atoms with Gasteiger partial charge in [-0.15, -0.1) is 0 Å². The number of rotatable bonds is 6. The largest absolute Gasteiger partial charge is 0.481 e. The van der Waals surface area contributed by atoms with Gasteiger partial charge in [-0.3, -0.25) is 0 Å². The average Bonchev–Trinajstić information content (AvgIpc) is 3.52. The predicted octanol–water partition coefficient (Wildman–Crippen LogP) is 6.97. The minimum atomic E-state index is -2.78. The fourth-order valence-electron chi connectivity index (χ4n) is 8.18. The number of ether oxygens (including phenoxy) is 2. The molecule has 8 nitrogen and oxygen atoms in total. The summed E-state index contributed by atoms with van der Waals surface area (Å²) in [5, 5.41) is 46.8. The van der Waals surface area contributed by atoms with Gasteiger partial charge in [-0.05, 0) is 59.5 Å². The van der Waals surface area contributed by atoms with Crippen LogP contribution in [0.4, 0.5) is 8.78 Å². The van der Waals surface area contributed by atoms with Crippen LogP contribution in [-0.2, 0) is 17.6 Å². The first kappa shape index (κ1) is 31.3. The molecular formula is C40H28F2N4O4. The minimum Gasteiger partial charge on any atom is -0.481 e. The van der Waals surface area contributed by atoms with Gasteiger partial charge < -0.3 is 19.7 Å². The van der Waals surface area contributed by atoms with Crippen molar-refractivity contribution < 1.29 is 28.5 Å². The summed E-state index contributed by atoms with van der Waals surface area (Å²) < 4.78 is 41.3. The average molecular weight is 667 g/mol. The number of halogens is 2. The Morgan fingerprint density at radius 1 is 0.900 bits per heavy atom. The van der Waals surface area contributed by atoms with E-state index < -0.39 is 35.6 Å². The third kappa shape index (κ3) is 4.39. The van der Waals surface area contributed by atoms with E-state index in [0.29, 0.717) is 38.7 Å². The van der Waals surface area contributed by atoms with E-state index in [1.54, 1.807) is 24.3 Å². The fourth-order valence-corrected chi connectivity index (χ4v) is 8.18. The van der Waals surface area contributed by atoms with Crippen LogP contribution in [0, 0.1) is 28.6 Å². The number of benzene rings is 4. The smallest absolute Gasteiger partial charge is 0.263 e. The molecule has 0 spiro atoms. The summed E-state index contributed by atoms with van der Waals surface area (Å²) in [7, 11) is 1.35. The van der Waals surface area contributed by atoms with E-state index >= 15 is 0 Å². The molecule has 3 heterocycles. The van der Waals surface area contributed by atoms with Gasteiger partial charge >= 0.3 is 0 Å². The second kappa shape index (κ2) is 11.6. The van der Waals surface area contributed by atoms with Gasteiger partial charge in [0.25, 0.3) is 6.43 Å². The number of pyridine rings is 2. The number of hydrogen-bond acceptors (Lipinski definition) is 8. The molecule has 6 aromatic rings. The van der Waals surface area contributed by atoms with Crippen LogP contribution in [0.5, 0.6) is 11.6 Å². The molecule has 0 saturated heterocycles. The quantitative estimate of drug-likeness (QED) is 0.182. The van der Waals surface area contributed by atoms with Gasteiger partial charge in [0.2, 0.25) is 5.88 Å². The zero-order valence-corrected chi connectivity index (χ0v) is 26.6. The minimum absolute atomic E-state index is 0.0172. The lowest BCUT2D eigenvalue weighted by molar-refractivity contribution is -0.152. The monoisotopic (exact) mass is 666 g/mol. The second-order valence-corrected chi connectivity index (χ2v) is 12.7. The van der Waals surface area contributed by atoms with E-state index in [-0.39, 0.29) is 34.9 Å². The maximum absolute atomic E-state index is 14.4. The number of hydrogen-bond donors (Lipinski definition) is 2. The van der Waals surface area contributed by atoms with Crippen LogP contribution in [0.2, 0.25) is 0 Å². The van der Waals surface area contributed by atoms with Crippen molar-refractivity contribution in [1.82, 2.24) is 9.97 Å². The van der Waals surface area contributed by atoms with Crippen molar-refractivity contribution in [3.63, 3.8) is 0 Å². The predicted molar refractivity (Wildman–Crippen MR) is 179 cm³/mol. The Kier molecular flexibility index (Phi) is 7.27. The molecule has 5 atom stereocenters. The summed E-state index contributed by atoms with van der Waals surface area (Å²) >= 11 is 0. The first-order valence-electron chi connectivity index (χ1n) is 16.0. The van der Waals surface area contributed by atoms with Crippen molar-refractivity contribution >= 4 is 21.8 Å². The van der Waals surface area contributed by atoms with E-state index in [0.717, 1.165) is 5.39 Å². The molecule has 8 rings (SSSR count). The number of methoxy groups -OCH3 is 1. The molecule has 1 aliphatic heterocycles. The molecule has 0 bridgehead atoms. The highest BCUT2D eigenvalue weighted by Gasteiger charge is 2.76. The summed E-state index contributed by atoms with van der Waals surface area (Å²) in [6.45, 7) is 0. The Bertz CT molecular complexity index is 2390. The molecule has 1 saturated carbocycles. The summed E-state index contributed by atoms with van der Waals surface area (Å²) in [5.41, 5.74) is -1.05. The van der Waals surface area contributed by atoms with Crippen molar-refractivity contribution in [2.45, 2.75) is 36.1 Å². The molecule has 1 fully saturated rings. The molecule has 1 aliphatic carbocycles. The lowest BCUT2D eigenvalue weighted by atomic mass is 9.70. The van der Waals surface area contributed by atoms with Gasteiger partial charge in [-0.1, -0.05) is 60.7 Å². The third-order valence-electron chi connectivity index (χ3n) is 10.2. The van der Waals surface area contributed by atoms with Gasteiger partial charge in [0.15, 0.2) is 11.2 Å². The third-order valence-corrected chi connectivity index (χ3v) is 10.2. The molecule has 2 aliphatic rings. The number of aromatic nitrogens is 2. The Morgan fingerprint density at radius 2 is 1.64 bits per heavy atom. The summed E-state index contributed by atoms with van der Waals surface area (Å²) in [5.74, 6) is -1.63. The van der Waals surface area contributed by atoms with Crippen LogP contribution in [0.15, 0.2) is 103 Å². The molecule has 4 aromatic carbocycles. The Balaban J connectivity index is 1.42. The fraction of sp³-hybridized carbons (Fsp3) is 0.200. The zero-order chi connectivity index (χ0) is 34.8. The first-order valence-corrected chi connectivity index (χ1v) is 16.0.